The van der Waals surface area contributed by atoms with Crippen LogP contribution in [0.3, 0.4) is 0 Å². The van der Waals surface area contributed by atoms with Crippen LogP contribution in [0.25, 0.3) is 10.9 Å². The lowest BCUT2D eigenvalue weighted by Gasteiger charge is -2.49. The molecular formula is C28H40N5O5. The number of fused-ring (bicyclic) bond motifs is 1. The number of nitro groups is 1. The maximum absolute atomic E-state index is 12.4. The van der Waals surface area contributed by atoms with Crippen molar-refractivity contribution < 1.29 is 19.2 Å². The van der Waals surface area contributed by atoms with Gasteiger partial charge in [0.05, 0.1) is 23.6 Å². The number of nitrogens with zero attached hydrogens (tertiary/aromatic N) is 5. The second-order valence-corrected chi connectivity index (χ2v) is 12.2. The fourth-order valence-corrected chi connectivity index (χ4v) is 6.38. The topological polar surface area (TPSA) is 103 Å². The van der Waals surface area contributed by atoms with Crippen LogP contribution >= 0.6 is 0 Å². The van der Waals surface area contributed by atoms with Crippen LogP contribution in [-0.4, -0.2) is 75.5 Å². The number of amides is 1. The summed E-state index contributed by atoms with van der Waals surface area (Å²) in [5.74, 6) is 0.243. The number of carbonyl (C=O) groups is 1. The van der Waals surface area contributed by atoms with E-state index < -0.39 is 10.5 Å². The molecule has 3 fully saturated rings. The fraction of sp³-hybridized carbons (Fsp3) is 0.679. The second kappa shape index (κ2) is 10.4. The number of nitro benzene ring substituents is 1. The number of methoxy groups -OCH3 is 1. The van der Waals surface area contributed by atoms with Gasteiger partial charge >= 0.3 is 11.8 Å². The molecule has 1 aliphatic carbocycles. The van der Waals surface area contributed by atoms with Gasteiger partial charge in [-0.15, -0.1) is 0 Å². The van der Waals surface area contributed by atoms with E-state index in [-0.39, 0.29) is 22.9 Å². The summed E-state index contributed by atoms with van der Waals surface area (Å²) >= 11 is 0. The van der Waals surface area contributed by atoms with Gasteiger partial charge in [0.1, 0.15) is 5.60 Å². The van der Waals surface area contributed by atoms with E-state index in [1.807, 2.05) is 36.5 Å². The first-order valence-electron chi connectivity index (χ1n) is 13.8. The summed E-state index contributed by atoms with van der Waals surface area (Å²) in [5, 5.41) is 16.9. The van der Waals surface area contributed by atoms with Gasteiger partial charge in [0.15, 0.2) is 5.75 Å². The highest BCUT2D eigenvalue weighted by atomic mass is 16.6. The molecule has 0 bridgehead atoms. The first kappa shape index (κ1) is 26.7. The van der Waals surface area contributed by atoms with Crippen molar-refractivity contribution in [2.45, 2.75) is 83.4 Å². The molecule has 2 saturated heterocycles. The Kier molecular flexibility index (Phi) is 7.28. The zero-order chi connectivity index (χ0) is 27.1. The molecule has 3 heterocycles. The van der Waals surface area contributed by atoms with Gasteiger partial charge < -0.3 is 19.3 Å². The molecule has 1 spiro atoms. The third kappa shape index (κ3) is 5.60. The number of hydrogen-bond donors (Lipinski definition) is 0. The molecule has 1 aromatic carbocycles. The summed E-state index contributed by atoms with van der Waals surface area (Å²) in [6.07, 6.45) is 11.8. The third-order valence-corrected chi connectivity index (χ3v) is 8.65. The average Bonchev–Trinajstić information content (AvgIpc) is 3.31. The van der Waals surface area contributed by atoms with E-state index >= 15 is 0 Å². The SMILES string of the molecule is COc1cc2nn(C3CCC(N4CCC5([CH]CN(C(=O)OC(C)(C)C)CC5)CC4)CC3)cc2cc1[N+](=O)[O-]. The Morgan fingerprint density at radius 2 is 1.74 bits per heavy atom. The van der Waals surface area contributed by atoms with Crippen LogP contribution < -0.4 is 4.74 Å². The van der Waals surface area contributed by atoms with Gasteiger partial charge in [-0.05, 0) is 90.6 Å². The number of benzene rings is 1. The molecule has 207 valence electrons. The molecule has 0 unspecified atom stereocenters. The van der Waals surface area contributed by atoms with Crippen molar-refractivity contribution in [2.75, 3.05) is 33.3 Å². The lowest BCUT2D eigenvalue weighted by Crippen LogP contribution is -2.51. The molecule has 10 heteroatoms. The monoisotopic (exact) mass is 526 g/mol. The van der Waals surface area contributed by atoms with Crippen LogP contribution in [0.2, 0.25) is 0 Å². The summed E-state index contributed by atoms with van der Waals surface area (Å²) in [4.78, 5) is 27.9. The van der Waals surface area contributed by atoms with Crippen molar-refractivity contribution >= 4 is 22.7 Å². The minimum Gasteiger partial charge on any atom is -0.490 e. The van der Waals surface area contributed by atoms with Crippen LogP contribution in [-0.2, 0) is 4.74 Å². The first-order valence-corrected chi connectivity index (χ1v) is 13.8. The van der Waals surface area contributed by atoms with Crippen LogP contribution in [0.1, 0.15) is 71.8 Å². The zero-order valence-corrected chi connectivity index (χ0v) is 23.0. The molecule has 0 atom stereocenters. The van der Waals surface area contributed by atoms with E-state index in [2.05, 4.69) is 11.3 Å². The fourth-order valence-electron chi connectivity index (χ4n) is 6.38. The lowest BCUT2D eigenvalue weighted by atomic mass is 9.71. The van der Waals surface area contributed by atoms with Crippen LogP contribution in [0, 0.1) is 22.0 Å². The van der Waals surface area contributed by atoms with Crippen molar-refractivity contribution in [3.05, 3.63) is 34.9 Å². The van der Waals surface area contributed by atoms with Gasteiger partial charge in [0, 0.05) is 42.8 Å². The predicted octanol–water partition coefficient (Wildman–Crippen LogP) is 5.36. The Morgan fingerprint density at radius 3 is 2.32 bits per heavy atom. The summed E-state index contributed by atoms with van der Waals surface area (Å²) in [6.45, 7) is 9.38. The molecule has 10 nitrogen and oxygen atoms in total. The van der Waals surface area contributed by atoms with E-state index in [9.17, 15) is 14.9 Å². The number of aromatic nitrogens is 2. The molecule has 0 N–H and O–H groups in total. The summed E-state index contributed by atoms with van der Waals surface area (Å²) in [5.41, 5.74) is 0.476. The molecule has 1 radical (unpaired) electrons. The minimum absolute atomic E-state index is 0.0288. The molecule has 1 saturated carbocycles. The Bertz CT molecular complexity index is 1160. The summed E-state index contributed by atoms with van der Waals surface area (Å²) in [6, 6.07) is 4.12. The molecule has 38 heavy (non-hydrogen) atoms. The highest BCUT2D eigenvalue weighted by Crippen LogP contribution is 2.43. The molecule has 1 aromatic heterocycles. The number of piperidine rings is 2. The Balaban J connectivity index is 1.12. The van der Waals surface area contributed by atoms with E-state index in [4.69, 9.17) is 14.6 Å². The maximum Gasteiger partial charge on any atom is 0.410 e. The maximum atomic E-state index is 12.4. The number of hydrogen-bond acceptors (Lipinski definition) is 7. The van der Waals surface area contributed by atoms with Crippen LogP contribution in [0.15, 0.2) is 18.3 Å². The number of carbonyl (C=O) groups excluding carboxylic acids is 1. The Morgan fingerprint density at radius 1 is 1.08 bits per heavy atom. The van der Waals surface area contributed by atoms with Crippen molar-refractivity contribution in [1.82, 2.24) is 19.6 Å². The first-order chi connectivity index (χ1) is 18.1. The highest BCUT2D eigenvalue weighted by molar-refractivity contribution is 5.83. The normalized spacial score (nSPS) is 24.5. The third-order valence-electron chi connectivity index (χ3n) is 8.65. The highest BCUT2D eigenvalue weighted by Gasteiger charge is 2.41. The summed E-state index contributed by atoms with van der Waals surface area (Å²) in [7, 11) is 1.44. The average molecular weight is 527 g/mol. The second-order valence-electron chi connectivity index (χ2n) is 12.2. The largest absolute Gasteiger partial charge is 0.490 e. The lowest BCUT2D eigenvalue weighted by molar-refractivity contribution is -0.385. The van der Waals surface area contributed by atoms with Gasteiger partial charge in [-0.2, -0.15) is 5.10 Å². The Hall–Kier alpha value is -2.88. The molecule has 2 aromatic rings. The zero-order valence-electron chi connectivity index (χ0n) is 23.0. The van der Waals surface area contributed by atoms with E-state index in [0.29, 0.717) is 18.6 Å². The molecule has 1 amide bonds. The summed E-state index contributed by atoms with van der Waals surface area (Å²) < 4.78 is 12.8. The van der Waals surface area contributed by atoms with Gasteiger partial charge in [0.2, 0.25) is 0 Å². The number of ether oxygens (including phenoxy) is 2. The molecular weight excluding hydrogens is 486 g/mol. The van der Waals surface area contributed by atoms with Crippen LogP contribution in [0.4, 0.5) is 10.5 Å². The minimum atomic E-state index is -0.463. The van der Waals surface area contributed by atoms with Crippen molar-refractivity contribution in [3.8, 4) is 5.75 Å². The van der Waals surface area contributed by atoms with Gasteiger partial charge in [-0.25, -0.2) is 4.79 Å². The van der Waals surface area contributed by atoms with E-state index in [1.165, 1.54) is 7.11 Å². The Labute approximate surface area is 224 Å². The van der Waals surface area contributed by atoms with Crippen molar-refractivity contribution in [2.24, 2.45) is 5.41 Å². The number of likely N-dealkylation sites (tertiary alicyclic amines) is 2. The van der Waals surface area contributed by atoms with E-state index in [1.54, 1.807) is 12.1 Å². The molecule has 3 aliphatic rings. The van der Waals surface area contributed by atoms with Gasteiger partial charge in [-0.3, -0.25) is 14.8 Å². The number of rotatable bonds is 4. The predicted molar refractivity (Wildman–Crippen MR) is 144 cm³/mol. The standard InChI is InChI=1S/C28H40N5O5/c1-27(2,3)38-26(34)31-15-11-28(12-16-31)9-13-30(14-10-28)21-5-7-22(8-6-21)32-19-20-17-24(33(35)36)25(37-4)18-23(20)29-32/h11,17-19,21-22H,5-10,12-16H2,1-4H3. The van der Waals surface area contributed by atoms with Crippen LogP contribution in [0.5, 0.6) is 5.75 Å². The van der Waals surface area contributed by atoms with E-state index in [0.717, 1.165) is 75.5 Å². The van der Waals surface area contributed by atoms with Crippen molar-refractivity contribution in [3.63, 3.8) is 0 Å². The van der Waals surface area contributed by atoms with Crippen molar-refractivity contribution in [1.29, 1.82) is 0 Å². The van der Waals surface area contributed by atoms with Gasteiger partial charge in [-0.1, -0.05) is 0 Å². The van der Waals surface area contributed by atoms with Gasteiger partial charge in [0.25, 0.3) is 0 Å². The molecule has 2 aliphatic heterocycles. The smallest absolute Gasteiger partial charge is 0.410 e. The molecule has 5 rings (SSSR count). The quantitative estimate of drug-likeness (QED) is 0.390.